The van der Waals surface area contributed by atoms with Crippen molar-refractivity contribution < 1.29 is 25.8 Å². The molecule has 168 valence electrons. The van der Waals surface area contributed by atoms with Gasteiger partial charge < -0.3 is 4.57 Å². The molecule has 0 aliphatic heterocycles. The van der Waals surface area contributed by atoms with Crippen molar-refractivity contribution in [1.82, 2.24) is 4.57 Å². The Labute approximate surface area is 184 Å². The highest BCUT2D eigenvalue weighted by molar-refractivity contribution is 7.87. The van der Waals surface area contributed by atoms with E-state index in [1.165, 1.54) is 0 Å². The third-order valence-corrected chi connectivity index (χ3v) is 6.65. The van der Waals surface area contributed by atoms with Crippen molar-refractivity contribution in [3.8, 4) is 5.69 Å². The Morgan fingerprint density at radius 3 is 1.72 bits per heavy atom. The standard InChI is InChI=1S/C24H22F3NO3S/c1-14-5-7-22-19(9-14)20-10-15(2)6-8-23(20)28(22)18-11-16(3)21(17(4)12-18)13-31-32(29,30)24(25,26)27/h5-12H,13H2,1-4H3. The van der Waals surface area contributed by atoms with E-state index in [2.05, 4.69) is 33.0 Å². The summed E-state index contributed by atoms with van der Waals surface area (Å²) >= 11 is 0. The van der Waals surface area contributed by atoms with E-state index in [-0.39, 0.29) is 0 Å². The van der Waals surface area contributed by atoms with Gasteiger partial charge in [-0.3, -0.25) is 4.18 Å². The number of aromatic nitrogens is 1. The van der Waals surface area contributed by atoms with E-state index in [4.69, 9.17) is 0 Å². The normalized spacial score (nSPS) is 12.7. The van der Waals surface area contributed by atoms with Gasteiger partial charge in [0.2, 0.25) is 0 Å². The number of alkyl halides is 3. The van der Waals surface area contributed by atoms with E-state index < -0.39 is 22.2 Å². The lowest BCUT2D eigenvalue weighted by Gasteiger charge is -2.16. The summed E-state index contributed by atoms with van der Waals surface area (Å²) in [6.07, 6.45) is 0. The third-order valence-electron chi connectivity index (χ3n) is 5.66. The molecule has 32 heavy (non-hydrogen) atoms. The van der Waals surface area contributed by atoms with Gasteiger partial charge in [0, 0.05) is 16.5 Å². The molecule has 0 radical (unpaired) electrons. The summed E-state index contributed by atoms with van der Waals surface area (Å²) in [5, 5.41) is 2.23. The zero-order valence-corrected chi connectivity index (χ0v) is 18.9. The van der Waals surface area contributed by atoms with Crippen LogP contribution in [0.5, 0.6) is 0 Å². The van der Waals surface area contributed by atoms with E-state index in [0.717, 1.165) is 38.6 Å². The van der Waals surface area contributed by atoms with Crippen molar-refractivity contribution in [2.75, 3.05) is 0 Å². The fourth-order valence-corrected chi connectivity index (χ4v) is 4.47. The molecule has 1 heterocycles. The molecular formula is C24H22F3NO3S. The highest BCUT2D eigenvalue weighted by Gasteiger charge is 2.47. The van der Waals surface area contributed by atoms with Crippen LogP contribution in [0.4, 0.5) is 13.2 Å². The van der Waals surface area contributed by atoms with Gasteiger partial charge in [-0.05, 0) is 80.8 Å². The van der Waals surface area contributed by atoms with Crippen LogP contribution in [0.1, 0.15) is 27.8 Å². The SMILES string of the molecule is Cc1ccc2c(c1)c1cc(C)ccc1n2-c1cc(C)c(COS(=O)(=O)C(F)(F)F)c(C)c1. The summed E-state index contributed by atoms with van der Waals surface area (Å²) in [7, 11) is -5.65. The molecule has 0 saturated heterocycles. The van der Waals surface area contributed by atoms with Gasteiger partial charge in [0.05, 0.1) is 17.6 Å². The minimum atomic E-state index is -5.65. The second-order valence-corrected chi connectivity index (χ2v) is 9.70. The van der Waals surface area contributed by atoms with Crippen LogP contribution in [0, 0.1) is 27.7 Å². The van der Waals surface area contributed by atoms with Crippen LogP contribution >= 0.6 is 0 Å². The average Bonchev–Trinajstić information content (AvgIpc) is 2.99. The molecule has 0 atom stereocenters. The van der Waals surface area contributed by atoms with Crippen LogP contribution in [0.3, 0.4) is 0 Å². The predicted molar refractivity (Wildman–Crippen MR) is 119 cm³/mol. The second kappa shape index (κ2) is 7.64. The molecule has 0 aliphatic carbocycles. The molecule has 0 saturated carbocycles. The van der Waals surface area contributed by atoms with Crippen LogP contribution in [-0.4, -0.2) is 18.5 Å². The predicted octanol–water partition coefficient (Wildman–Crippen LogP) is 6.38. The number of fused-ring (bicyclic) bond motifs is 3. The minimum absolute atomic E-state index is 0.411. The Balaban J connectivity index is 1.85. The summed E-state index contributed by atoms with van der Waals surface area (Å²) in [4.78, 5) is 0. The van der Waals surface area contributed by atoms with Gasteiger partial charge in [0.1, 0.15) is 0 Å². The summed E-state index contributed by atoms with van der Waals surface area (Å²) < 4.78 is 66.9. The lowest BCUT2D eigenvalue weighted by molar-refractivity contribution is -0.0548. The highest BCUT2D eigenvalue weighted by Crippen LogP contribution is 2.35. The maximum absolute atomic E-state index is 12.6. The third kappa shape index (κ3) is 3.78. The molecule has 0 unspecified atom stereocenters. The van der Waals surface area contributed by atoms with Crippen LogP contribution in [-0.2, 0) is 20.9 Å². The van der Waals surface area contributed by atoms with Gasteiger partial charge in [0.15, 0.2) is 0 Å². The van der Waals surface area contributed by atoms with E-state index in [0.29, 0.717) is 16.7 Å². The topological polar surface area (TPSA) is 48.3 Å². The number of rotatable bonds is 4. The minimum Gasteiger partial charge on any atom is -0.309 e. The van der Waals surface area contributed by atoms with Crippen LogP contribution in [0.25, 0.3) is 27.5 Å². The maximum atomic E-state index is 12.6. The first kappa shape index (κ1) is 22.4. The molecule has 0 spiro atoms. The number of halogens is 3. The van der Waals surface area contributed by atoms with Crippen LogP contribution in [0.15, 0.2) is 48.5 Å². The molecule has 0 bridgehead atoms. The van der Waals surface area contributed by atoms with Gasteiger partial charge in [-0.15, -0.1) is 0 Å². The van der Waals surface area contributed by atoms with Crippen molar-refractivity contribution >= 4 is 31.9 Å². The average molecular weight is 462 g/mol. The Morgan fingerprint density at radius 1 is 0.812 bits per heavy atom. The highest BCUT2D eigenvalue weighted by atomic mass is 32.2. The number of hydrogen-bond acceptors (Lipinski definition) is 3. The Morgan fingerprint density at radius 2 is 1.28 bits per heavy atom. The van der Waals surface area contributed by atoms with Crippen LogP contribution in [0.2, 0.25) is 0 Å². The number of aryl methyl sites for hydroxylation is 4. The molecule has 8 heteroatoms. The Kier molecular flexibility index (Phi) is 5.33. The van der Waals surface area contributed by atoms with Crippen molar-refractivity contribution in [1.29, 1.82) is 0 Å². The molecule has 4 rings (SSSR count). The van der Waals surface area contributed by atoms with E-state index in [9.17, 15) is 21.6 Å². The molecule has 3 aromatic carbocycles. The molecule has 0 fully saturated rings. The Bertz CT molecular complexity index is 1390. The number of benzene rings is 3. The van der Waals surface area contributed by atoms with Crippen LogP contribution < -0.4 is 0 Å². The fraction of sp³-hybridized carbons (Fsp3) is 0.250. The lowest BCUT2D eigenvalue weighted by Crippen LogP contribution is -2.25. The summed E-state index contributed by atoms with van der Waals surface area (Å²) in [6, 6.07) is 16.1. The number of hydrogen-bond donors (Lipinski definition) is 0. The zero-order valence-electron chi connectivity index (χ0n) is 18.0. The molecular weight excluding hydrogens is 439 g/mol. The van der Waals surface area contributed by atoms with Crippen molar-refractivity contribution in [2.45, 2.75) is 39.8 Å². The molecule has 4 aromatic rings. The van der Waals surface area contributed by atoms with E-state index in [1.54, 1.807) is 13.8 Å². The summed E-state index contributed by atoms with van der Waals surface area (Å²) in [6.45, 7) is 6.87. The van der Waals surface area contributed by atoms with Gasteiger partial charge in [-0.2, -0.15) is 21.6 Å². The van der Waals surface area contributed by atoms with Gasteiger partial charge in [-0.25, -0.2) is 0 Å². The molecule has 0 aliphatic rings. The smallest absolute Gasteiger partial charge is 0.309 e. The largest absolute Gasteiger partial charge is 0.523 e. The second-order valence-electron chi connectivity index (χ2n) is 8.10. The van der Waals surface area contributed by atoms with Gasteiger partial charge in [0.25, 0.3) is 0 Å². The first-order valence-corrected chi connectivity index (χ1v) is 11.4. The Hall–Kier alpha value is -2.84. The number of nitrogens with zero attached hydrogens (tertiary/aromatic N) is 1. The first-order valence-electron chi connectivity index (χ1n) is 9.96. The zero-order chi connectivity index (χ0) is 23.4. The molecule has 4 nitrogen and oxygen atoms in total. The first-order chi connectivity index (χ1) is 14.9. The molecule has 0 N–H and O–H groups in total. The quantitative estimate of drug-likeness (QED) is 0.262. The van der Waals surface area contributed by atoms with E-state index in [1.807, 2.05) is 38.1 Å². The fourth-order valence-electron chi connectivity index (χ4n) is 4.06. The van der Waals surface area contributed by atoms with Crippen molar-refractivity contribution in [3.05, 3.63) is 76.3 Å². The monoisotopic (exact) mass is 461 g/mol. The maximum Gasteiger partial charge on any atom is 0.523 e. The summed E-state index contributed by atoms with van der Waals surface area (Å²) in [5.74, 6) is 0. The molecule has 1 aromatic heterocycles. The van der Waals surface area contributed by atoms with Gasteiger partial charge >= 0.3 is 15.6 Å². The van der Waals surface area contributed by atoms with Crippen molar-refractivity contribution in [3.63, 3.8) is 0 Å². The molecule has 0 amide bonds. The lowest BCUT2D eigenvalue weighted by atomic mass is 10.0. The van der Waals surface area contributed by atoms with Crippen molar-refractivity contribution in [2.24, 2.45) is 0 Å². The summed E-state index contributed by atoms with van der Waals surface area (Å²) in [5.41, 5.74) is 1.40. The van der Waals surface area contributed by atoms with E-state index >= 15 is 0 Å². The van der Waals surface area contributed by atoms with Gasteiger partial charge in [-0.1, -0.05) is 23.3 Å².